The van der Waals surface area contributed by atoms with Crippen LogP contribution in [0.5, 0.6) is 0 Å². The van der Waals surface area contributed by atoms with E-state index in [0.717, 1.165) is 0 Å². The fourth-order valence-corrected chi connectivity index (χ4v) is 0.568. The van der Waals surface area contributed by atoms with Crippen molar-refractivity contribution in [1.29, 1.82) is 5.26 Å². The number of nitrogens with zero attached hydrogens (tertiary/aromatic N) is 3. The van der Waals surface area contributed by atoms with Gasteiger partial charge in [0.2, 0.25) is 0 Å². The van der Waals surface area contributed by atoms with E-state index in [0.29, 0.717) is 0 Å². The summed E-state index contributed by atoms with van der Waals surface area (Å²) in [6, 6.07) is 1.45. The first kappa shape index (κ1) is 9.76. The van der Waals surface area contributed by atoms with Crippen LogP contribution in [-0.4, -0.2) is 43.0 Å². The Morgan fingerprint density at radius 2 is 1.91 bits per heavy atom. The van der Waals surface area contributed by atoms with Gasteiger partial charge in [-0.15, -0.1) is 0 Å². The highest BCUT2D eigenvalue weighted by atomic mass is 16.2. The van der Waals surface area contributed by atoms with Gasteiger partial charge in [0, 0.05) is 21.1 Å². The van der Waals surface area contributed by atoms with Gasteiger partial charge in [-0.3, -0.25) is 0 Å². The molecule has 4 nitrogen and oxygen atoms in total. The van der Waals surface area contributed by atoms with Crippen molar-refractivity contribution in [2.24, 2.45) is 0 Å². The first-order valence-electron chi connectivity index (χ1n) is 3.34. The van der Waals surface area contributed by atoms with E-state index in [1.54, 1.807) is 28.1 Å². The van der Waals surface area contributed by atoms with Crippen LogP contribution in [-0.2, 0) is 0 Å². The molecule has 0 aliphatic heterocycles. The van der Waals surface area contributed by atoms with Crippen LogP contribution >= 0.6 is 0 Å². The summed E-state index contributed by atoms with van der Waals surface area (Å²) in [5, 5.41) is 8.47. The van der Waals surface area contributed by atoms with Crippen LogP contribution < -0.4 is 0 Å². The second-order valence-electron chi connectivity index (χ2n) is 2.59. The lowest BCUT2D eigenvalue weighted by atomic mass is 10.3. The Kier molecular flexibility index (Phi) is 3.38. The second-order valence-corrected chi connectivity index (χ2v) is 2.59. The third-order valence-electron chi connectivity index (χ3n) is 1.45. The molecule has 1 atom stereocenters. The topological polar surface area (TPSA) is 47.3 Å². The Morgan fingerprint density at radius 1 is 1.45 bits per heavy atom. The smallest absolute Gasteiger partial charge is 0.320 e. The van der Waals surface area contributed by atoms with Gasteiger partial charge in [-0.2, -0.15) is 5.26 Å². The molecule has 0 heterocycles. The molecule has 0 aliphatic carbocycles. The molecule has 0 spiro atoms. The molecule has 2 amide bonds. The molecule has 0 rings (SSSR count). The number of hydrogen-bond donors (Lipinski definition) is 0. The lowest BCUT2D eigenvalue weighted by molar-refractivity contribution is 0.176. The monoisotopic (exact) mass is 155 g/mol. The molecule has 62 valence electrons. The van der Waals surface area contributed by atoms with Crippen LogP contribution in [0.15, 0.2) is 0 Å². The number of rotatable bonds is 1. The maximum Gasteiger partial charge on any atom is 0.320 e. The van der Waals surface area contributed by atoms with Gasteiger partial charge in [0.15, 0.2) is 0 Å². The van der Waals surface area contributed by atoms with Crippen LogP contribution in [0, 0.1) is 11.3 Å². The van der Waals surface area contributed by atoms with Crippen LogP contribution in [0.2, 0.25) is 0 Å². The van der Waals surface area contributed by atoms with E-state index < -0.39 is 0 Å². The van der Waals surface area contributed by atoms with E-state index >= 15 is 0 Å². The largest absolute Gasteiger partial charge is 0.331 e. The normalized spacial score (nSPS) is 11.5. The van der Waals surface area contributed by atoms with Crippen molar-refractivity contribution < 1.29 is 4.79 Å². The minimum Gasteiger partial charge on any atom is -0.331 e. The maximum absolute atomic E-state index is 11.1. The van der Waals surface area contributed by atoms with Crippen molar-refractivity contribution in [3.05, 3.63) is 0 Å². The summed E-state index contributed by atoms with van der Waals surface area (Å²) in [5.41, 5.74) is 0. The van der Waals surface area contributed by atoms with Crippen LogP contribution in [0.4, 0.5) is 4.79 Å². The molecular formula is C7H13N3O. The van der Waals surface area contributed by atoms with Gasteiger partial charge in [0.05, 0.1) is 6.07 Å². The molecule has 0 saturated carbocycles. The van der Waals surface area contributed by atoms with Gasteiger partial charge in [-0.1, -0.05) is 0 Å². The molecule has 0 N–H and O–H groups in total. The van der Waals surface area contributed by atoms with Crippen molar-refractivity contribution in [3.8, 4) is 6.07 Å². The Bertz CT molecular complexity index is 183. The molecule has 4 heteroatoms. The van der Waals surface area contributed by atoms with Crippen molar-refractivity contribution in [2.45, 2.75) is 13.0 Å². The maximum atomic E-state index is 11.1. The molecule has 0 unspecified atom stereocenters. The number of amides is 2. The predicted molar refractivity (Wildman–Crippen MR) is 41.9 cm³/mol. The Hall–Kier alpha value is -1.24. The number of carbonyl (C=O) groups is 1. The zero-order valence-electron chi connectivity index (χ0n) is 7.33. The van der Waals surface area contributed by atoms with Crippen LogP contribution in [0.1, 0.15) is 6.92 Å². The third kappa shape index (κ3) is 2.46. The molecule has 0 aliphatic rings. The minimum absolute atomic E-state index is 0.154. The molecule has 0 aromatic rings. The standard InChI is InChI=1S/C7H13N3O/c1-6(5-8)10(4)7(11)9(2)3/h6H,1-4H3/t6-/m0/s1. The highest BCUT2D eigenvalue weighted by Crippen LogP contribution is 1.96. The Labute approximate surface area is 67.0 Å². The summed E-state index contributed by atoms with van der Waals surface area (Å²) < 4.78 is 0. The highest BCUT2D eigenvalue weighted by molar-refractivity contribution is 5.74. The summed E-state index contributed by atoms with van der Waals surface area (Å²) in [6.45, 7) is 1.68. The average molecular weight is 155 g/mol. The van der Waals surface area contributed by atoms with E-state index in [9.17, 15) is 4.79 Å². The van der Waals surface area contributed by atoms with Gasteiger partial charge in [0.1, 0.15) is 6.04 Å². The molecule has 0 fully saturated rings. The fraction of sp³-hybridized carbons (Fsp3) is 0.714. The molecule has 0 bridgehead atoms. The average Bonchev–Trinajstić information content (AvgIpc) is 2.00. The van der Waals surface area contributed by atoms with Crippen LogP contribution in [0.25, 0.3) is 0 Å². The van der Waals surface area contributed by atoms with Crippen molar-refractivity contribution in [3.63, 3.8) is 0 Å². The third-order valence-corrected chi connectivity index (χ3v) is 1.45. The summed E-state index contributed by atoms with van der Waals surface area (Å²) in [7, 11) is 4.92. The van der Waals surface area contributed by atoms with Crippen molar-refractivity contribution in [1.82, 2.24) is 9.80 Å². The van der Waals surface area contributed by atoms with E-state index in [2.05, 4.69) is 0 Å². The van der Waals surface area contributed by atoms with E-state index in [1.165, 1.54) is 9.80 Å². The summed E-state index contributed by atoms with van der Waals surface area (Å²) in [6.07, 6.45) is 0. The lowest BCUT2D eigenvalue weighted by Crippen LogP contribution is -2.41. The number of nitriles is 1. The van der Waals surface area contributed by atoms with Gasteiger partial charge in [-0.25, -0.2) is 4.79 Å². The molecule has 0 radical (unpaired) electrons. The highest BCUT2D eigenvalue weighted by Gasteiger charge is 2.15. The van der Waals surface area contributed by atoms with E-state index in [4.69, 9.17) is 5.26 Å². The van der Waals surface area contributed by atoms with E-state index in [-0.39, 0.29) is 12.1 Å². The second kappa shape index (κ2) is 3.81. The van der Waals surface area contributed by atoms with E-state index in [1.807, 2.05) is 6.07 Å². The van der Waals surface area contributed by atoms with Gasteiger partial charge >= 0.3 is 6.03 Å². The Morgan fingerprint density at radius 3 is 2.18 bits per heavy atom. The molecular weight excluding hydrogens is 142 g/mol. The first-order valence-corrected chi connectivity index (χ1v) is 3.34. The zero-order chi connectivity index (χ0) is 9.02. The number of hydrogen-bond acceptors (Lipinski definition) is 2. The van der Waals surface area contributed by atoms with Crippen molar-refractivity contribution in [2.75, 3.05) is 21.1 Å². The summed E-state index contributed by atoms with van der Waals surface area (Å²) in [5.74, 6) is 0. The SMILES string of the molecule is C[C@@H](C#N)N(C)C(=O)N(C)C. The van der Waals surface area contributed by atoms with Gasteiger partial charge in [-0.05, 0) is 6.92 Å². The molecule has 11 heavy (non-hydrogen) atoms. The predicted octanol–water partition coefficient (Wildman–Crippen LogP) is 0.512. The molecule has 0 aromatic heterocycles. The minimum atomic E-state index is -0.370. The van der Waals surface area contributed by atoms with Crippen molar-refractivity contribution >= 4 is 6.03 Å². The molecule has 0 saturated heterocycles. The summed E-state index contributed by atoms with van der Waals surface area (Å²) in [4.78, 5) is 14.0. The molecule has 0 aromatic carbocycles. The van der Waals surface area contributed by atoms with Crippen LogP contribution in [0.3, 0.4) is 0 Å². The number of carbonyl (C=O) groups excluding carboxylic acids is 1. The zero-order valence-corrected chi connectivity index (χ0v) is 7.33. The first-order chi connectivity index (χ1) is 5.00. The fourth-order valence-electron chi connectivity index (χ4n) is 0.568. The lowest BCUT2D eigenvalue weighted by Gasteiger charge is -2.23. The number of urea groups is 1. The van der Waals surface area contributed by atoms with Gasteiger partial charge in [0.25, 0.3) is 0 Å². The Balaban J connectivity index is 4.16. The summed E-state index contributed by atoms with van der Waals surface area (Å²) >= 11 is 0. The van der Waals surface area contributed by atoms with Gasteiger partial charge < -0.3 is 9.80 Å². The quantitative estimate of drug-likeness (QED) is 0.554.